The smallest absolute Gasteiger partial charge is 0.410 e. The maximum absolute atomic E-state index is 12.3. The van der Waals surface area contributed by atoms with Gasteiger partial charge in [-0.05, 0) is 26.8 Å². The number of methoxy groups -OCH3 is 1. The molecule has 1 atom stereocenters. The predicted octanol–water partition coefficient (Wildman–Crippen LogP) is 2.09. The number of nitrogens with one attached hydrogen (secondary N) is 1. The standard InChI is InChI=1S/C18H27N5O3.HI/c1-18(2,3)26-17(24)22-8-9-23-14(12-22)11-21-16(23)20-10-13-6-5-7-19-15(13)25-4;/h5-7,14H,8-12H2,1-4H3,(H,20,21);1H. The van der Waals surface area contributed by atoms with Crippen LogP contribution in [0.1, 0.15) is 26.3 Å². The quantitative estimate of drug-likeness (QED) is 0.656. The Bertz CT molecular complexity index is 692. The third-order valence-corrected chi connectivity index (χ3v) is 4.34. The van der Waals surface area contributed by atoms with Crippen molar-refractivity contribution in [2.75, 3.05) is 33.3 Å². The maximum atomic E-state index is 12.3. The molecule has 0 spiro atoms. The van der Waals surface area contributed by atoms with Gasteiger partial charge in [0.05, 0.1) is 19.7 Å². The molecule has 9 heteroatoms. The van der Waals surface area contributed by atoms with Crippen LogP contribution in [0.4, 0.5) is 4.79 Å². The Morgan fingerprint density at radius 3 is 2.85 bits per heavy atom. The monoisotopic (exact) mass is 489 g/mol. The second kappa shape index (κ2) is 8.94. The number of carbonyl (C=O) groups is 1. The summed E-state index contributed by atoms with van der Waals surface area (Å²) in [5.41, 5.74) is 0.504. The highest BCUT2D eigenvalue weighted by atomic mass is 127. The number of hydrogen-bond acceptors (Lipinski definition) is 7. The molecule has 150 valence electrons. The summed E-state index contributed by atoms with van der Waals surface area (Å²) in [4.78, 5) is 25.1. The highest BCUT2D eigenvalue weighted by Gasteiger charge is 2.36. The fourth-order valence-electron chi connectivity index (χ4n) is 3.14. The van der Waals surface area contributed by atoms with E-state index in [0.29, 0.717) is 32.1 Å². The lowest BCUT2D eigenvalue weighted by molar-refractivity contribution is 0.0137. The Balaban J connectivity index is 0.00000261. The minimum atomic E-state index is -0.476. The Morgan fingerprint density at radius 1 is 1.37 bits per heavy atom. The van der Waals surface area contributed by atoms with Gasteiger partial charge in [-0.1, -0.05) is 6.07 Å². The molecule has 2 aliphatic rings. The van der Waals surface area contributed by atoms with E-state index in [2.05, 4.69) is 20.2 Å². The van der Waals surface area contributed by atoms with Gasteiger partial charge in [0.15, 0.2) is 5.96 Å². The number of aromatic nitrogens is 1. The minimum Gasteiger partial charge on any atom is -0.481 e. The first-order valence-electron chi connectivity index (χ1n) is 8.88. The van der Waals surface area contributed by atoms with Crippen LogP contribution in [0.15, 0.2) is 23.3 Å². The van der Waals surface area contributed by atoms with Crippen LogP contribution in [-0.4, -0.2) is 71.8 Å². The van der Waals surface area contributed by atoms with Crippen LogP contribution >= 0.6 is 24.0 Å². The summed E-state index contributed by atoms with van der Waals surface area (Å²) in [5, 5.41) is 3.38. The molecular formula is C18H28IN5O3. The summed E-state index contributed by atoms with van der Waals surface area (Å²) >= 11 is 0. The van der Waals surface area contributed by atoms with Crippen LogP contribution < -0.4 is 10.1 Å². The van der Waals surface area contributed by atoms with Gasteiger partial charge in [-0.25, -0.2) is 9.78 Å². The van der Waals surface area contributed by atoms with Gasteiger partial charge in [-0.2, -0.15) is 0 Å². The molecule has 1 unspecified atom stereocenters. The third-order valence-electron chi connectivity index (χ3n) is 4.34. The van der Waals surface area contributed by atoms with Crippen LogP contribution in [-0.2, 0) is 11.3 Å². The largest absolute Gasteiger partial charge is 0.481 e. The molecule has 3 rings (SSSR count). The molecule has 1 aromatic rings. The molecule has 0 saturated carbocycles. The Kier molecular flexibility index (Phi) is 7.12. The van der Waals surface area contributed by atoms with E-state index in [0.717, 1.165) is 18.1 Å². The summed E-state index contributed by atoms with van der Waals surface area (Å²) < 4.78 is 10.8. The first kappa shape index (κ1) is 21.5. The van der Waals surface area contributed by atoms with E-state index in [4.69, 9.17) is 9.47 Å². The number of aliphatic imine (C=N–C) groups is 1. The van der Waals surface area contributed by atoms with E-state index in [1.807, 2.05) is 32.9 Å². The first-order valence-corrected chi connectivity index (χ1v) is 8.88. The summed E-state index contributed by atoms with van der Waals surface area (Å²) in [5.74, 6) is 1.48. The highest BCUT2D eigenvalue weighted by molar-refractivity contribution is 14.0. The number of rotatable bonds is 3. The van der Waals surface area contributed by atoms with Crippen molar-refractivity contribution in [3.8, 4) is 5.88 Å². The fraction of sp³-hybridized carbons (Fsp3) is 0.611. The van der Waals surface area contributed by atoms with Crippen molar-refractivity contribution in [2.45, 2.75) is 39.0 Å². The minimum absolute atomic E-state index is 0. The topological polar surface area (TPSA) is 79.3 Å². The molecule has 3 heterocycles. The number of pyridine rings is 1. The van der Waals surface area contributed by atoms with E-state index in [1.54, 1.807) is 18.2 Å². The zero-order chi connectivity index (χ0) is 18.7. The summed E-state index contributed by atoms with van der Waals surface area (Å²) in [6, 6.07) is 4.06. The van der Waals surface area contributed by atoms with Gasteiger partial charge < -0.3 is 24.6 Å². The first-order chi connectivity index (χ1) is 12.4. The number of nitrogens with zero attached hydrogens (tertiary/aromatic N) is 4. The Morgan fingerprint density at radius 2 is 2.15 bits per heavy atom. The van der Waals surface area contributed by atoms with Gasteiger partial charge in [0.1, 0.15) is 5.60 Å². The number of piperazine rings is 1. The lowest BCUT2D eigenvalue weighted by Gasteiger charge is -2.39. The number of carbonyl (C=O) groups excluding carboxylic acids is 1. The molecule has 1 aromatic heterocycles. The zero-order valence-electron chi connectivity index (χ0n) is 16.3. The Hall–Kier alpha value is -1.78. The molecule has 1 amide bonds. The van der Waals surface area contributed by atoms with Gasteiger partial charge in [0.2, 0.25) is 5.88 Å². The number of halogens is 1. The van der Waals surface area contributed by atoms with Gasteiger partial charge in [0, 0.05) is 37.9 Å². The third kappa shape index (κ3) is 5.36. The van der Waals surface area contributed by atoms with Gasteiger partial charge in [-0.15, -0.1) is 24.0 Å². The van der Waals surface area contributed by atoms with Crippen LogP contribution in [0.3, 0.4) is 0 Å². The van der Waals surface area contributed by atoms with Gasteiger partial charge >= 0.3 is 6.09 Å². The molecule has 8 nitrogen and oxygen atoms in total. The number of ether oxygens (including phenoxy) is 2. The van der Waals surface area contributed by atoms with E-state index >= 15 is 0 Å². The van der Waals surface area contributed by atoms with Crippen molar-refractivity contribution in [1.82, 2.24) is 20.1 Å². The molecule has 1 N–H and O–H groups in total. The average Bonchev–Trinajstić information content (AvgIpc) is 3.01. The lowest BCUT2D eigenvalue weighted by atomic mass is 10.2. The summed E-state index contributed by atoms with van der Waals surface area (Å²) in [7, 11) is 1.62. The average molecular weight is 489 g/mol. The maximum Gasteiger partial charge on any atom is 0.410 e. The van der Waals surface area contributed by atoms with E-state index in [9.17, 15) is 4.79 Å². The lowest BCUT2D eigenvalue weighted by Crippen LogP contribution is -2.57. The molecule has 27 heavy (non-hydrogen) atoms. The van der Waals surface area contributed by atoms with Crippen LogP contribution in [0.5, 0.6) is 5.88 Å². The normalized spacial score (nSPS) is 19.0. The van der Waals surface area contributed by atoms with Crippen LogP contribution in [0.25, 0.3) is 0 Å². The second-order valence-corrected chi connectivity index (χ2v) is 7.46. The van der Waals surface area contributed by atoms with Crippen molar-refractivity contribution >= 4 is 36.0 Å². The predicted molar refractivity (Wildman–Crippen MR) is 114 cm³/mol. The van der Waals surface area contributed by atoms with Crippen molar-refractivity contribution in [2.24, 2.45) is 4.99 Å². The second-order valence-electron chi connectivity index (χ2n) is 7.46. The van der Waals surface area contributed by atoms with E-state index < -0.39 is 5.60 Å². The van der Waals surface area contributed by atoms with Gasteiger partial charge in [-0.3, -0.25) is 4.99 Å². The van der Waals surface area contributed by atoms with E-state index in [-0.39, 0.29) is 36.1 Å². The summed E-state index contributed by atoms with van der Waals surface area (Å²) in [6.07, 6.45) is 1.46. The molecule has 0 aromatic carbocycles. The molecule has 0 bridgehead atoms. The van der Waals surface area contributed by atoms with Crippen molar-refractivity contribution in [3.63, 3.8) is 0 Å². The zero-order valence-corrected chi connectivity index (χ0v) is 18.6. The Labute approximate surface area is 177 Å². The molecular weight excluding hydrogens is 461 g/mol. The molecule has 1 fully saturated rings. The fourth-order valence-corrected chi connectivity index (χ4v) is 3.14. The van der Waals surface area contributed by atoms with Crippen LogP contribution in [0, 0.1) is 0 Å². The van der Waals surface area contributed by atoms with E-state index in [1.165, 1.54) is 0 Å². The number of guanidine groups is 1. The molecule has 0 aliphatic carbocycles. The van der Waals surface area contributed by atoms with Gasteiger partial charge in [0.25, 0.3) is 0 Å². The molecule has 0 radical (unpaired) electrons. The number of hydrogen-bond donors (Lipinski definition) is 1. The molecule has 2 aliphatic heterocycles. The van der Waals surface area contributed by atoms with Crippen molar-refractivity contribution < 1.29 is 14.3 Å². The van der Waals surface area contributed by atoms with Crippen molar-refractivity contribution in [1.29, 1.82) is 0 Å². The number of fused-ring (bicyclic) bond motifs is 1. The van der Waals surface area contributed by atoms with Crippen molar-refractivity contribution in [3.05, 3.63) is 23.9 Å². The van der Waals surface area contributed by atoms with Crippen LogP contribution in [0.2, 0.25) is 0 Å². The SMILES string of the molecule is COc1ncccc1CNC1=NCC2CN(C(=O)OC(C)(C)C)CCN12.I. The molecule has 1 saturated heterocycles. The number of amides is 1. The summed E-state index contributed by atoms with van der Waals surface area (Å²) in [6.45, 7) is 8.90. The highest BCUT2D eigenvalue weighted by Crippen LogP contribution is 2.19.